The molecule has 1 aliphatic heterocycles. The maximum atomic E-state index is 13.1. The Morgan fingerprint density at radius 2 is 1.68 bits per heavy atom. The third-order valence-electron chi connectivity index (χ3n) is 4.95. The normalized spacial score (nSPS) is 15.4. The van der Waals surface area contributed by atoms with Crippen LogP contribution in [0.2, 0.25) is 5.02 Å². The third-order valence-corrected chi connectivity index (χ3v) is 5.32. The maximum Gasteiger partial charge on any atom is 0.256 e. The summed E-state index contributed by atoms with van der Waals surface area (Å²) in [6.45, 7) is 1.94. The van der Waals surface area contributed by atoms with Gasteiger partial charge in [-0.05, 0) is 48.9 Å². The Morgan fingerprint density at radius 3 is 2.39 bits per heavy atom. The van der Waals surface area contributed by atoms with Crippen molar-refractivity contribution >= 4 is 29.0 Å². The van der Waals surface area contributed by atoms with Crippen LogP contribution in [0.4, 0.5) is 5.69 Å². The Bertz CT molecular complexity index is 1050. The summed E-state index contributed by atoms with van der Waals surface area (Å²) in [7, 11) is 0. The van der Waals surface area contributed by atoms with Gasteiger partial charge in [0.05, 0.1) is 0 Å². The van der Waals surface area contributed by atoms with Crippen LogP contribution in [-0.2, 0) is 6.54 Å². The average molecular weight is 391 g/mol. The number of rotatable bonds is 5. The smallest absolute Gasteiger partial charge is 0.256 e. The van der Waals surface area contributed by atoms with Crippen molar-refractivity contribution in [2.45, 2.75) is 19.6 Å². The molecule has 1 aliphatic rings. The minimum absolute atomic E-state index is 0.0216. The second kappa shape index (κ2) is 7.49. The molecule has 0 bridgehead atoms. The van der Waals surface area contributed by atoms with Gasteiger partial charge in [-0.3, -0.25) is 9.59 Å². The van der Waals surface area contributed by atoms with E-state index in [4.69, 9.17) is 11.6 Å². The summed E-state index contributed by atoms with van der Waals surface area (Å²) in [6, 6.07) is 22.4. The van der Waals surface area contributed by atoms with E-state index in [1.165, 1.54) is 0 Å². The van der Waals surface area contributed by atoms with E-state index in [-0.39, 0.29) is 17.9 Å². The lowest BCUT2D eigenvalue weighted by molar-refractivity contribution is 0.0728. The van der Waals surface area contributed by atoms with E-state index in [0.717, 1.165) is 16.8 Å². The van der Waals surface area contributed by atoms with Crippen molar-refractivity contribution in [3.63, 3.8) is 0 Å². The van der Waals surface area contributed by atoms with Crippen molar-refractivity contribution in [1.29, 1.82) is 0 Å². The van der Waals surface area contributed by atoms with Crippen molar-refractivity contribution in [1.82, 2.24) is 4.90 Å². The van der Waals surface area contributed by atoms with E-state index in [2.05, 4.69) is 5.32 Å². The van der Waals surface area contributed by atoms with Gasteiger partial charge >= 0.3 is 0 Å². The fourth-order valence-electron chi connectivity index (χ4n) is 3.46. The highest BCUT2D eigenvalue weighted by molar-refractivity contribution is 6.31. The molecule has 0 spiro atoms. The third kappa shape index (κ3) is 3.39. The second-order valence-electron chi connectivity index (χ2n) is 6.79. The second-order valence-corrected chi connectivity index (χ2v) is 7.20. The number of benzene rings is 3. The van der Waals surface area contributed by atoms with Gasteiger partial charge in [-0.1, -0.05) is 48.0 Å². The predicted molar refractivity (Wildman–Crippen MR) is 111 cm³/mol. The fourth-order valence-corrected chi connectivity index (χ4v) is 3.65. The van der Waals surface area contributed by atoms with Gasteiger partial charge in [0.25, 0.3) is 5.91 Å². The number of halogens is 1. The van der Waals surface area contributed by atoms with Crippen LogP contribution < -0.4 is 5.32 Å². The summed E-state index contributed by atoms with van der Waals surface area (Å²) in [5, 5.41) is 4.07. The summed E-state index contributed by atoms with van der Waals surface area (Å²) in [5.74, 6) is -0.0124. The quantitative estimate of drug-likeness (QED) is 0.600. The van der Waals surface area contributed by atoms with Crippen LogP contribution in [0.15, 0.2) is 72.8 Å². The lowest BCUT2D eigenvalue weighted by Crippen LogP contribution is -2.32. The Balaban J connectivity index is 1.67. The van der Waals surface area contributed by atoms with Crippen LogP contribution in [0.5, 0.6) is 0 Å². The van der Waals surface area contributed by atoms with Gasteiger partial charge in [0, 0.05) is 33.9 Å². The summed E-state index contributed by atoms with van der Waals surface area (Å²) >= 11 is 6.33. The largest absolute Gasteiger partial charge is 0.361 e. The fraction of sp³-hybridized carbons (Fsp3) is 0.130. The van der Waals surface area contributed by atoms with E-state index in [1.54, 1.807) is 24.0 Å². The Hall–Kier alpha value is -3.11. The minimum Gasteiger partial charge on any atom is -0.361 e. The van der Waals surface area contributed by atoms with Gasteiger partial charge in [0.15, 0.2) is 5.78 Å². The van der Waals surface area contributed by atoms with Crippen molar-refractivity contribution in [2.24, 2.45) is 0 Å². The molecular formula is C23H19ClN2O2. The first-order valence-electron chi connectivity index (χ1n) is 9.05. The number of fused-ring (bicyclic) bond motifs is 1. The van der Waals surface area contributed by atoms with Gasteiger partial charge < -0.3 is 10.2 Å². The number of carbonyl (C=O) groups is 2. The summed E-state index contributed by atoms with van der Waals surface area (Å²) in [5.41, 5.74) is 4.00. The van der Waals surface area contributed by atoms with E-state index in [9.17, 15) is 9.59 Å². The molecule has 5 heteroatoms. The topological polar surface area (TPSA) is 49.4 Å². The van der Waals surface area contributed by atoms with Crippen molar-refractivity contribution in [3.05, 3.63) is 100 Å². The Kier molecular flexibility index (Phi) is 4.88. The molecule has 4 rings (SSSR count). The first kappa shape index (κ1) is 18.3. The van der Waals surface area contributed by atoms with Crippen molar-refractivity contribution in [2.75, 3.05) is 5.32 Å². The van der Waals surface area contributed by atoms with E-state index >= 15 is 0 Å². The van der Waals surface area contributed by atoms with Crippen LogP contribution >= 0.6 is 11.6 Å². The molecule has 0 radical (unpaired) electrons. The molecule has 3 aromatic rings. The number of carbonyl (C=O) groups excluding carboxylic acids is 2. The molecule has 28 heavy (non-hydrogen) atoms. The molecular weight excluding hydrogens is 372 g/mol. The average Bonchev–Trinajstić information content (AvgIpc) is 2.96. The molecule has 0 aliphatic carbocycles. The zero-order valence-electron chi connectivity index (χ0n) is 15.4. The summed E-state index contributed by atoms with van der Waals surface area (Å²) in [6.07, 6.45) is -0.317. The summed E-state index contributed by atoms with van der Waals surface area (Å²) < 4.78 is 0. The molecule has 1 N–H and O–H groups in total. The monoisotopic (exact) mass is 390 g/mol. The van der Waals surface area contributed by atoms with Gasteiger partial charge in [-0.25, -0.2) is 0 Å². The lowest BCUT2D eigenvalue weighted by Gasteiger charge is -2.27. The Labute approximate surface area is 168 Å². The van der Waals surface area contributed by atoms with Crippen LogP contribution in [0.25, 0.3) is 0 Å². The first-order chi connectivity index (χ1) is 13.5. The SMILES string of the molecule is CC(=O)c1ccc(N[C@@H]2c3ccccc3C(=O)N2Cc2ccccc2Cl)cc1. The highest BCUT2D eigenvalue weighted by atomic mass is 35.5. The molecule has 1 atom stereocenters. The molecule has 1 heterocycles. The molecule has 4 nitrogen and oxygen atoms in total. The number of hydrogen-bond donors (Lipinski definition) is 1. The zero-order valence-corrected chi connectivity index (χ0v) is 16.1. The van der Waals surface area contributed by atoms with E-state index < -0.39 is 0 Å². The standard InChI is InChI=1S/C23H19ClN2O2/c1-15(27)16-10-12-18(13-11-16)25-22-19-7-3-4-8-20(19)23(28)26(22)14-17-6-2-5-9-21(17)24/h2-13,22,25H,14H2,1H3/t22-/m0/s1. The number of nitrogens with one attached hydrogen (secondary N) is 1. The molecule has 3 aromatic carbocycles. The Morgan fingerprint density at radius 1 is 1.00 bits per heavy atom. The molecule has 1 amide bonds. The number of amides is 1. The maximum absolute atomic E-state index is 13.1. The van der Waals surface area contributed by atoms with Crippen LogP contribution in [0.1, 0.15) is 44.9 Å². The molecule has 0 unspecified atom stereocenters. The molecule has 0 fully saturated rings. The number of Topliss-reactive ketones (excluding diaryl/α,β-unsaturated/α-hetero) is 1. The minimum atomic E-state index is -0.317. The number of anilines is 1. The number of nitrogens with zero attached hydrogens (tertiary/aromatic N) is 1. The zero-order chi connectivity index (χ0) is 19.7. The molecule has 0 saturated carbocycles. The van der Waals surface area contributed by atoms with Crippen molar-refractivity contribution < 1.29 is 9.59 Å². The van der Waals surface area contributed by atoms with Gasteiger partial charge in [-0.2, -0.15) is 0 Å². The lowest BCUT2D eigenvalue weighted by atomic mass is 10.1. The van der Waals surface area contributed by atoms with Crippen molar-refractivity contribution in [3.8, 4) is 0 Å². The molecule has 0 saturated heterocycles. The highest BCUT2D eigenvalue weighted by Gasteiger charge is 2.36. The first-order valence-corrected chi connectivity index (χ1v) is 9.43. The number of ketones is 1. The summed E-state index contributed by atoms with van der Waals surface area (Å²) in [4.78, 5) is 26.3. The molecule has 0 aromatic heterocycles. The van der Waals surface area contributed by atoms with Gasteiger partial charge in [0.2, 0.25) is 0 Å². The van der Waals surface area contributed by atoms with E-state index in [0.29, 0.717) is 22.7 Å². The van der Waals surface area contributed by atoms with E-state index in [1.807, 2.05) is 60.7 Å². The van der Waals surface area contributed by atoms with Crippen LogP contribution in [0.3, 0.4) is 0 Å². The van der Waals surface area contributed by atoms with Crippen LogP contribution in [0, 0.1) is 0 Å². The van der Waals surface area contributed by atoms with Gasteiger partial charge in [-0.15, -0.1) is 0 Å². The number of hydrogen-bond acceptors (Lipinski definition) is 3. The predicted octanol–water partition coefficient (Wildman–Crippen LogP) is 5.31. The van der Waals surface area contributed by atoms with Crippen LogP contribution in [-0.4, -0.2) is 16.6 Å². The van der Waals surface area contributed by atoms with Gasteiger partial charge in [0.1, 0.15) is 6.17 Å². The molecule has 140 valence electrons. The highest BCUT2D eigenvalue weighted by Crippen LogP contribution is 2.36.